The molecule has 166 valence electrons. The van der Waals surface area contributed by atoms with Gasteiger partial charge in [0.05, 0.1) is 5.56 Å². The molecule has 0 atom stereocenters. The Morgan fingerprint density at radius 2 is 1.55 bits per heavy atom. The van der Waals surface area contributed by atoms with Crippen LogP contribution in [0, 0.1) is 0 Å². The SMILES string of the molecule is CCC(O)(O)C(=O)/C=C/c1ccc(OC(=O)c2ccc(OC(F)(F)C(F)F)cc2)cc1. The highest BCUT2D eigenvalue weighted by molar-refractivity contribution is 5.98. The van der Waals surface area contributed by atoms with Crippen LogP contribution in [0.15, 0.2) is 54.6 Å². The quantitative estimate of drug-likeness (QED) is 0.202. The van der Waals surface area contributed by atoms with Crippen molar-refractivity contribution >= 4 is 17.8 Å². The number of ether oxygens (including phenoxy) is 2. The predicted molar refractivity (Wildman–Crippen MR) is 101 cm³/mol. The van der Waals surface area contributed by atoms with Crippen molar-refractivity contribution in [2.24, 2.45) is 0 Å². The highest BCUT2D eigenvalue weighted by Gasteiger charge is 2.43. The summed E-state index contributed by atoms with van der Waals surface area (Å²) in [5, 5.41) is 18.9. The van der Waals surface area contributed by atoms with Crippen molar-refractivity contribution < 1.29 is 46.8 Å². The maximum absolute atomic E-state index is 12.9. The first-order valence-corrected chi connectivity index (χ1v) is 8.89. The van der Waals surface area contributed by atoms with Crippen LogP contribution in [0.25, 0.3) is 6.08 Å². The Bertz CT molecular complexity index is 937. The first-order chi connectivity index (χ1) is 14.4. The third kappa shape index (κ3) is 6.63. The minimum absolute atomic E-state index is 0.0379. The Hall–Kier alpha value is -3.24. The summed E-state index contributed by atoms with van der Waals surface area (Å²) in [6.45, 7) is 1.44. The van der Waals surface area contributed by atoms with Crippen LogP contribution in [-0.4, -0.2) is 40.3 Å². The Kier molecular flexibility index (Phi) is 7.53. The number of rotatable bonds is 9. The molecule has 0 fully saturated rings. The molecule has 0 spiro atoms. The van der Waals surface area contributed by atoms with Gasteiger partial charge in [-0.15, -0.1) is 0 Å². The number of ketones is 1. The van der Waals surface area contributed by atoms with Crippen LogP contribution in [-0.2, 0) is 4.79 Å². The zero-order valence-electron chi connectivity index (χ0n) is 16.1. The molecule has 2 N–H and O–H groups in total. The van der Waals surface area contributed by atoms with Crippen LogP contribution in [0.1, 0.15) is 29.3 Å². The van der Waals surface area contributed by atoms with E-state index < -0.39 is 35.8 Å². The lowest BCUT2D eigenvalue weighted by Gasteiger charge is -2.16. The molecule has 0 saturated heterocycles. The second kappa shape index (κ2) is 9.71. The molecule has 0 bridgehead atoms. The van der Waals surface area contributed by atoms with Gasteiger partial charge < -0.3 is 19.7 Å². The lowest BCUT2D eigenvalue weighted by atomic mass is 10.1. The molecule has 0 aromatic heterocycles. The second-order valence-corrected chi connectivity index (χ2v) is 6.32. The lowest BCUT2D eigenvalue weighted by molar-refractivity contribution is -0.253. The zero-order valence-corrected chi connectivity index (χ0v) is 16.1. The van der Waals surface area contributed by atoms with Crippen molar-refractivity contribution in [3.8, 4) is 11.5 Å². The molecule has 0 aliphatic rings. The van der Waals surface area contributed by atoms with Crippen molar-refractivity contribution in [3.63, 3.8) is 0 Å². The van der Waals surface area contributed by atoms with Crippen molar-refractivity contribution in [3.05, 3.63) is 65.7 Å². The Morgan fingerprint density at radius 3 is 2.06 bits per heavy atom. The number of esters is 1. The molecule has 2 rings (SSSR count). The van der Waals surface area contributed by atoms with Crippen LogP contribution < -0.4 is 9.47 Å². The van der Waals surface area contributed by atoms with Crippen LogP contribution in [0.5, 0.6) is 11.5 Å². The monoisotopic (exact) mass is 442 g/mol. The van der Waals surface area contributed by atoms with Gasteiger partial charge >= 0.3 is 18.5 Å². The van der Waals surface area contributed by atoms with Gasteiger partial charge in [0.15, 0.2) is 0 Å². The van der Waals surface area contributed by atoms with E-state index in [1.807, 2.05) is 0 Å². The van der Waals surface area contributed by atoms with Crippen LogP contribution >= 0.6 is 0 Å². The fourth-order valence-corrected chi connectivity index (χ4v) is 2.15. The molecule has 0 amide bonds. The van der Waals surface area contributed by atoms with E-state index in [1.165, 1.54) is 37.3 Å². The van der Waals surface area contributed by atoms with E-state index in [2.05, 4.69) is 4.74 Å². The summed E-state index contributed by atoms with van der Waals surface area (Å²) in [5.41, 5.74) is 0.477. The third-order valence-corrected chi connectivity index (χ3v) is 4.00. The van der Waals surface area contributed by atoms with Gasteiger partial charge in [0.1, 0.15) is 11.5 Å². The number of hydrogen-bond donors (Lipinski definition) is 2. The molecule has 0 radical (unpaired) electrons. The average molecular weight is 442 g/mol. The molecule has 0 unspecified atom stereocenters. The molecule has 0 aliphatic carbocycles. The summed E-state index contributed by atoms with van der Waals surface area (Å²) in [6.07, 6.45) is -6.48. The van der Waals surface area contributed by atoms with E-state index in [0.29, 0.717) is 5.56 Å². The van der Waals surface area contributed by atoms with E-state index >= 15 is 0 Å². The molecule has 0 saturated carbocycles. The normalized spacial score (nSPS) is 12.3. The van der Waals surface area contributed by atoms with Crippen molar-refractivity contribution in [1.29, 1.82) is 0 Å². The highest BCUT2D eigenvalue weighted by Crippen LogP contribution is 2.27. The number of carbonyl (C=O) groups excluding carboxylic acids is 2. The fraction of sp³-hybridized carbons (Fsp3) is 0.238. The van der Waals surface area contributed by atoms with Crippen molar-refractivity contribution in [2.75, 3.05) is 0 Å². The molecule has 31 heavy (non-hydrogen) atoms. The maximum atomic E-state index is 12.9. The first-order valence-electron chi connectivity index (χ1n) is 8.89. The van der Waals surface area contributed by atoms with E-state index in [1.54, 1.807) is 0 Å². The van der Waals surface area contributed by atoms with Crippen LogP contribution in [0.3, 0.4) is 0 Å². The van der Waals surface area contributed by atoms with E-state index in [-0.39, 0.29) is 17.7 Å². The van der Waals surface area contributed by atoms with E-state index in [0.717, 1.165) is 30.3 Å². The highest BCUT2D eigenvalue weighted by atomic mass is 19.3. The van der Waals surface area contributed by atoms with Gasteiger partial charge in [-0.1, -0.05) is 25.1 Å². The Labute approximate surface area is 174 Å². The smallest absolute Gasteiger partial charge is 0.428 e. The molecular weight excluding hydrogens is 424 g/mol. The predicted octanol–water partition coefficient (Wildman–Crippen LogP) is 3.82. The summed E-state index contributed by atoms with van der Waals surface area (Å²) in [6, 6.07) is 9.82. The molecular formula is C21H18F4O6. The van der Waals surface area contributed by atoms with E-state index in [4.69, 9.17) is 4.74 Å². The van der Waals surface area contributed by atoms with Gasteiger partial charge in [0, 0.05) is 6.42 Å². The number of benzene rings is 2. The number of halogens is 4. The van der Waals surface area contributed by atoms with Gasteiger partial charge in [-0.05, 0) is 48.0 Å². The molecule has 2 aromatic carbocycles. The molecule has 10 heteroatoms. The zero-order chi connectivity index (χ0) is 23.2. The molecule has 6 nitrogen and oxygen atoms in total. The number of hydrogen-bond acceptors (Lipinski definition) is 6. The van der Waals surface area contributed by atoms with Crippen LogP contribution in [0.2, 0.25) is 0 Å². The van der Waals surface area contributed by atoms with Gasteiger partial charge in [0.2, 0.25) is 11.6 Å². The summed E-state index contributed by atoms with van der Waals surface area (Å²) in [7, 11) is 0. The number of alkyl halides is 4. The first kappa shape index (κ1) is 24.0. The largest absolute Gasteiger partial charge is 0.461 e. The topological polar surface area (TPSA) is 93.1 Å². The van der Waals surface area contributed by atoms with Gasteiger partial charge in [-0.2, -0.15) is 17.6 Å². The third-order valence-electron chi connectivity index (χ3n) is 4.00. The summed E-state index contributed by atoms with van der Waals surface area (Å²) in [5.74, 6) is -4.58. The van der Waals surface area contributed by atoms with E-state index in [9.17, 15) is 37.4 Å². The lowest BCUT2D eigenvalue weighted by Crippen LogP contribution is -2.36. The standard InChI is InChI=1S/C21H18F4O6/c1-2-20(28,29)17(26)12-5-13-3-8-15(9-4-13)30-18(27)14-6-10-16(11-7-14)31-21(24,25)19(22)23/h3-12,19,28-29H,2H2,1H3/b12-5+. The van der Waals surface area contributed by atoms with Crippen molar-refractivity contribution in [1.82, 2.24) is 0 Å². The van der Waals surface area contributed by atoms with Gasteiger partial charge in [0.25, 0.3) is 0 Å². The summed E-state index contributed by atoms with van der Waals surface area (Å²) < 4.78 is 59.0. The number of aliphatic hydroxyl groups is 2. The van der Waals surface area contributed by atoms with Crippen molar-refractivity contribution in [2.45, 2.75) is 31.7 Å². The molecule has 0 aliphatic heterocycles. The summed E-state index contributed by atoms with van der Waals surface area (Å²) >= 11 is 0. The average Bonchev–Trinajstić information content (AvgIpc) is 2.73. The second-order valence-electron chi connectivity index (χ2n) is 6.32. The maximum Gasteiger partial charge on any atom is 0.461 e. The molecule has 2 aromatic rings. The molecule has 0 heterocycles. The summed E-state index contributed by atoms with van der Waals surface area (Å²) in [4.78, 5) is 23.7. The minimum Gasteiger partial charge on any atom is -0.428 e. The van der Waals surface area contributed by atoms with Gasteiger partial charge in [-0.3, -0.25) is 4.79 Å². The van der Waals surface area contributed by atoms with Gasteiger partial charge in [-0.25, -0.2) is 4.79 Å². The minimum atomic E-state index is -4.66. The van der Waals surface area contributed by atoms with Crippen LogP contribution in [0.4, 0.5) is 17.6 Å². The Morgan fingerprint density at radius 1 is 1.00 bits per heavy atom. The number of carbonyl (C=O) groups is 2. The Balaban J connectivity index is 1.99. The fourth-order valence-electron chi connectivity index (χ4n) is 2.15.